The molecule has 1 unspecified atom stereocenters. The van der Waals surface area contributed by atoms with Crippen LogP contribution in [0.2, 0.25) is 0 Å². The number of carbonyl (C=O) groups is 1. The number of aldehydes is 1. The molecule has 17 heavy (non-hydrogen) atoms. The van der Waals surface area contributed by atoms with Crippen molar-refractivity contribution in [2.45, 2.75) is 26.2 Å². The molecule has 0 fully saturated rings. The number of carbonyl (C=O) groups excluding carboxylic acids is 1. The van der Waals surface area contributed by atoms with Crippen LogP contribution in [0, 0.1) is 11.2 Å². The fraction of sp³-hybridized carbons (Fsp3) is 0.333. The van der Waals surface area contributed by atoms with E-state index in [9.17, 15) is 4.79 Å². The predicted octanol–water partition coefficient (Wildman–Crippen LogP) is 3.44. The van der Waals surface area contributed by atoms with Gasteiger partial charge in [-0.05, 0) is 28.6 Å². The van der Waals surface area contributed by atoms with Crippen LogP contribution in [-0.4, -0.2) is 18.4 Å². The Bertz CT molecular complexity index is 510. The van der Waals surface area contributed by atoms with Crippen molar-refractivity contribution in [1.82, 2.24) is 0 Å². The SMILES string of the molecule is C=S(C)C#Cc1cc(C(C)(C)C)ccc1C=O. The summed E-state index contributed by atoms with van der Waals surface area (Å²) in [6.07, 6.45) is 2.81. The van der Waals surface area contributed by atoms with Gasteiger partial charge in [-0.25, -0.2) is 0 Å². The molecule has 0 saturated carbocycles. The fourth-order valence-electron chi connectivity index (χ4n) is 1.38. The molecule has 0 saturated heterocycles. The second kappa shape index (κ2) is 5.33. The van der Waals surface area contributed by atoms with Gasteiger partial charge in [-0.2, -0.15) is 0 Å². The molecule has 0 N–H and O–H groups in total. The lowest BCUT2D eigenvalue weighted by Crippen LogP contribution is -2.11. The van der Waals surface area contributed by atoms with E-state index < -0.39 is 0 Å². The molecule has 0 amide bonds. The molecule has 2 heteroatoms. The van der Waals surface area contributed by atoms with Gasteiger partial charge in [0.05, 0.1) is 0 Å². The molecule has 0 aliphatic heterocycles. The Morgan fingerprint density at radius 2 is 2.00 bits per heavy atom. The van der Waals surface area contributed by atoms with Crippen molar-refractivity contribution in [3.63, 3.8) is 0 Å². The van der Waals surface area contributed by atoms with Crippen molar-refractivity contribution in [2.24, 2.45) is 0 Å². The van der Waals surface area contributed by atoms with Gasteiger partial charge in [-0.15, -0.1) is 10.5 Å². The van der Waals surface area contributed by atoms with Crippen LogP contribution >= 0.6 is 10.5 Å². The van der Waals surface area contributed by atoms with E-state index in [1.54, 1.807) is 0 Å². The number of hydrogen-bond donors (Lipinski definition) is 0. The van der Waals surface area contributed by atoms with Crippen molar-refractivity contribution < 1.29 is 4.79 Å². The molecule has 90 valence electrons. The number of benzene rings is 1. The summed E-state index contributed by atoms with van der Waals surface area (Å²) in [4.78, 5) is 11.0. The molecule has 1 aromatic rings. The van der Waals surface area contributed by atoms with Crippen LogP contribution in [0.25, 0.3) is 0 Å². The minimum absolute atomic E-state index is 0.0657. The molecule has 1 rings (SSSR count). The van der Waals surface area contributed by atoms with Gasteiger partial charge in [0.15, 0.2) is 6.29 Å². The summed E-state index contributed by atoms with van der Waals surface area (Å²) in [7, 11) is -0.181. The Balaban J connectivity index is 3.31. The van der Waals surface area contributed by atoms with Crippen LogP contribution in [0.1, 0.15) is 42.3 Å². The predicted molar refractivity (Wildman–Crippen MR) is 78.0 cm³/mol. The zero-order valence-electron chi connectivity index (χ0n) is 10.8. The second-order valence-corrected chi connectivity index (χ2v) is 6.51. The molecular formula is C15H18OS. The lowest BCUT2D eigenvalue weighted by Gasteiger charge is -2.19. The minimum atomic E-state index is -0.181. The van der Waals surface area contributed by atoms with Crippen molar-refractivity contribution >= 4 is 22.6 Å². The minimum Gasteiger partial charge on any atom is -0.298 e. The number of hydrogen-bond acceptors (Lipinski definition) is 1. The largest absolute Gasteiger partial charge is 0.298 e. The summed E-state index contributed by atoms with van der Waals surface area (Å²) in [6.45, 7) is 6.43. The average molecular weight is 246 g/mol. The topological polar surface area (TPSA) is 17.1 Å². The standard InChI is InChI=1S/C15H18OS/c1-15(2,3)14-7-6-13(11-16)12(10-14)8-9-17(4)5/h6-7,10-11H,4H2,1-3,5H3. The monoisotopic (exact) mass is 246 g/mol. The Morgan fingerprint density at radius 1 is 1.35 bits per heavy atom. The third-order valence-electron chi connectivity index (χ3n) is 2.41. The van der Waals surface area contributed by atoms with Crippen LogP contribution in [0.3, 0.4) is 0 Å². The van der Waals surface area contributed by atoms with Gasteiger partial charge < -0.3 is 0 Å². The third-order valence-corrected chi connectivity index (χ3v) is 2.86. The first-order chi connectivity index (χ1) is 7.84. The first kappa shape index (κ1) is 13.7. The summed E-state index contributed by atoms with van der Waals surface area (Å²) < 4.78 is 0. The van der Waals surface area contributed by atoms with Crippen LogP contribution < -0.4 is 0 Å². The van der Waals surface area contributed by atoms with Crippen molar-refractivity contribution in [3.05, 3.63) is 34.9 Å². The van der Waals surface area contributed by atoms with E-state index in [2.05, 4.69) is 37.8 Å². The Morgan fingerprint density at radius 3 is 2.47 bits per heavy atom. The molecule has 0 heterocycles. The van der Waals surface area contributed by atoms with Gasteiger partial charge in [-0.3, -0.25) is 4.79 Å². The third kappa shape index (κ3) is 3.87. The molecule has 1 nitrogen and oxygen atoms in total. The van der Waals surface area contributed by atoms with Crippen LogP contribution in [0.15, 0.2) is 18.2 Å². The summed E-state index contributed by atoms with van der Waals surface area (Å²) in [5.74, 6) is 6.89. The van der Waals surface area contributed by atoms with Crippen molar-refractivity contribution in [3.8, 4) is 11.2 Å². The van der Waals surface area contributed by atoms with E-state index in [0.29, 0.717) is 5.56 Å². The molecule has 0 spiro atoms. The van der Waals surface area contributed by atoms with E-state index in [4.69, 9.17) is 0 Å². The Hall–Kier alpha value is -1.33. The molecule has 1 atom stereocenters. The summed E-state index contributed by atoms with van der Waals surface area (Å²) in [6, 6.07) is 5.84. The van der Waals surface area contributed by atoms with Gasteiger partial charge in [0.2, 0.25) is 0 Å². The first-order valence-electron chi connectivity index (χ1n) is 5.41. The number of rotatable bonds is 1. The fourth-order valence-corrected chi connectivity index (χ4v) is 1.66. The van der Waals surface area contributed by atoms with E-state index in [1.165, 1.54) is 5.56 Å². The zero-order chi connectivity index (χ0) is 13.1. The van der Waals surface area contributed by atoms with Gasteiger partial charge in [-0.1, -0.05) is 44.7 Å². The quantitative estimate of drug-likeness (QED) is 0.421. The first-order valence-corrected chi connectivity index (χ1v) is 7.22. The molecule has 0 aliphatic carbocycles. The molecule has 1 aromatic carbocycles. The van der Waals surface area contributed by atoms with Crippen LogP contribution in [0.4, 0.5) is 0 Å². The van der Waals surface area contributed by atoms with Crippen molar-refractivity contribution in [1.29, 1.82) is 0 Å². The van der Waals surface area contributed by atoms with E-state index in [1.807, 2.05) is 24.5 Å². The van der Waals surface area contributed by atoms with E-state index in [-0.39, 0.29) is 15.9 Å². The maximum Gasteiger partial charge on any atom is 0.151 e. The highest BCUT2D eigenvalue weighted by Crippen LogP contribution is 2.24. The van der Waals surface area contributed by atoms with Crippen LogP contribution in [0.5, 0.6) is 0 Å². The maximum absolute atomic E-state index is 11.0. The Labute approximate surface area is 106 Å². The lowest BCUT2D eigenvalue weighted by atomic mass is 9.85. The lowest BCUT2D eigenvalue weighted by molar-refractivity contribution is 0.112. The summed E-state index contributed by atoms with van der Waals surface area (Å²) in [5.41, 5.74) is 2.70. The molecule has 0 aromatic heterocycles. The zero-order valence-corrected chi connectivity index (χ0v) is 11.6. The molecule has 0 radical (unpaired) electrons. The normalized spacial score (nSPS) is 12.5. The van der Waals surface area contributed by atoms with Gasteiger partial charge in [0.25, 0.3) is 0 Å². The second-order valence-electron chi connectivity index (χ2n) is 5.03. The highest BCUT2D eigenvalue weighted by Gasteiger charge is 2.14. The Kier molecular flexibility index (Phi) is 4.31. The molecular weight excluding hydrogens is 228 g/mol. The summed E-state index contributed by atoms with van der Waals surface area (Å²) in [5, 5.41) is 3.02. The smallest absolute Gasteiger partial charge is 0.151 e. The van der Waals surface area contributed by atoms with Gasteiger partial charge in [0.1, 0.15) is 0 Å². The van der Waals surface area contributed by atoms with Crippen molar-refractivity contribution in [2.75, 3.05) is 6.26 Å². The van der Waals surface area contributed by atoms with E-state index >= 15 is 0 Å². The molecule has 0 bridgehead atoms. The van der Waals surface area contributed by atoms with E-state index in [0.717, 1.165) is 11.8 Å². The highest BCUT2D eigenvalue weighted by molar-refractivity contribution is 8.17. The van der Waals surface area contributed by atoms with Crippen LogP contribution in [-0.2, 0) is 5.41 Å². The molecule has 0 aliphatic rings. The van der Waals surface area contributed by atoms with Gasteiger partial charge in [0, 0.05) is 11.1 Å². The maximum atomic E-state index is 11.0. The van der Waals surface area contributed by atoms with Gasteiger partial charge >= 0.3 is 0 Å². The average Bonchev–Trinajstić information content (AvgIpc) is 2.24. The highest BCUT2D eigenvalue weighted by atomic mass is 32.2. The summed E-state index contributed by atoms with van der Waals surface area (Å²) >= 11 is 0.